The van der Waals surface area contributed by atoms with Crippen LogP contribution in [-0.2, 0) is 16.2 Å². The molecule has 3 aromatic rings. The van der Waals surface area contributed by atoms with E-state index in [1.807, 2.05) is 0 Å². The predicted octanol–water partition coefficient (Wildman–Crippen LogP) is 5.00. The van der Waals surface area contributed by atoms with Crippen LogP contribution in [-0.4, -0.2) is 40.5 Å². The van der Waals surface area contributed by atoms with Crippen molar-refractivity contribution in [2.45, 2.75) is 6.61 Å². The van der Waals surface area contributed by atoms with E-state index < -0.39 is 34.3 Å². The van der Waals surface area contributed by atoms with E-state index in [0.29, 0.717) is 34.4 Å². The van der Waals surface area contributed by atoms with Crippen molar-refractivity contribution in [1.82, 2.24) is 4.90 Å². The van der Waals surface area contributed by atoms with Crippen LogP contribution in [0.3, 0.4) is 0 Å². The van der Waals surface area contributed by atoms with E-state index in [0.717, 1.165) is 11.0 Å². The average molecular weight is 538 g/mol. The fourth-order valence-electron chi connectivity index (χ4n) is 3.51. The van der Waals surface area contributed by atoms with Gasteiger partial charge in [-0.25, -0.2) is 4.39 Å². The lowest BCUT2D eigenvalue weighted by Crippen LogP contribution is -2.36. The van der Waals surface area contributed by atoms with Gasteiger partial charge in [-0.1, -0.05) is 24.3 Å². The van der Waals surface area contributed by atoms with E-state index >= 15 is 0 Å². The van der Waals surface area contributed by atoms with Gasteiger partial charge in [-0.15, -0.1) is 0 Å². The number of nitro groups is 1. The lowest BCUT2D eigenvalue weighted by atomic mass is 10.1. The van der Waals surface area contributed by atoms with Crippen LogP contribution >= 0.6 is 11.8 Å². The number of nitrogens with one attached hydrogen (secondary N) is 1. The number of thioether (sulfide) groups is 1. The molecule has 0 bridgehead atoms. The number of halogens is 1. The Morgan fingerprint density at radius 2 is 1.89 bits per heavy atom. The molecule has 0 aliphatic carbocycles. The van der Waals surface area contributed by atoms with Gasteiger partial charge >= 0.3 is 0 Å². The molecule has 1 aliphatic heterocycles. The van der Waals surface area contributed by atoms with Crippen LogP contribution in [0.2, 0.25) is 0 Å². The Labute approximate surface area is 220 Å². The van der Waals surface area contributed by atoms with Crippen molar-refractivity contribution in [3.05, 3.63) is 98.7 Å². The first-order valence-electron chi connectivity index (χ1n) is 11.1. The number of hydrogen-bond donors (Lipinski definition) is 1. The van der Waals surface area contributed by atoms with E-state index in [1.165, 1.54) is 43.5 Å². The standard InChI is InChI=1S/C26H20FN3O7S/c1-36-22-11-16(8-9-21(22)37-15-17-4-2-7-20(10-17)30(34)35)12-23-25(32)29(26(33)38-23)14-24(31)28-19-6-3-5-18(27)13-19/h2-13H,14-15H2,1H3,(H,28,31)/b23-12+. The molecule has 3 amide bonds. The Morgan fingerprint density at radius 1 is 1.11 bits per heavy atom. The summed E-state index contributed by atoms with van der Waals surface area (Å²) in [5.41, 5.74) is 1.30. The first-order valence-corrected chi connectivity index (χ1v) is 11.9. The number of anilines is 1. The summed E-state index contributed by atoms with van der Waals surface area (Å²) < 4.78 is 24.5. The van der Waals surface area contributed by atoms with E-state index in [1.54, 1.807) is 30.3 Å². The summed E-state index contributed by atoms with van der Waals surface area (Å²) >= 11 is 0.688. The van der Waals surface area contributed by atoms with Crippen molar-refractivity contribution < 1.29 is 33.2 Å². The molecule has 0 atom stereocenters. The Balaban J connectivity index is 1.43. The zero-order chi connectivity index (χ0) is 27.2. The summed E-state index contributed by atoms with van der Waals surface area (Å²) in [4.78, 5) is 48.9. The normalized spacial score (nSPS) is 14.1. The van der Waals surface area contributed by atoms with E-state index in [4.69, 9.17) is 9.47 Å². The number of ether oxygens (including phenoxy) is 2. The summed E-state index contributed by atoms with van der Waals surface area (Å²) in [7, 11) is 1.43. The average Bonchev–Trinajstić information content (AvgIpc) is 3.15. The van der Waals surface area contributed by atoms with Gasteiger partial charge in [-0.05, 0) is 59.3 Å². The van der Waals surface area contributed by atoms with Crippen molar-refractivity contribution in [1.29, 1.82) is 0 Å². The largest absolute Gasteiger partial charge is 0.493 e. The SMILES string of the molecule is COc1cc(/C=C2/SC(=O)N(CC(=O)Nc3cccc(F)c3)C2=O)ccc1OCc1cccc([N+](=O)[O-])c1. The highest BCUT2D eigenvalue weighted by atomic mass is 32.2. The number of methoxy groups -OCH3 is 1. The summed E-state index contributed by atoms with van der Waals surface area (Å²) in [5.74, 6) is -1.10. The molecule has 0 aromatic heterocycles. The van der Waals surface area contributed by atoms with Gasteiger partial charge in [0.1, 0.15) is 19.0 Å². The maximum Gasteiger partial charge on any atom is 0.294 e. The molecule has 0 radical (unpaired) electrons. The number of rotatable bonds is 9. The summed E-state index contributed by atoms with van der Waals surface area (Å²) in [6.45, 7) is -0.458. The molecule has 1 N–H and O–H groups in total. The van der Waals surface area contributed by atoms with Gasteiger partial charge in [-0.3, -0.25) is 29.4 Å². The van der Waals surface area contributed by atoms with Gasteiger partial charge in [0, 0.05) is 17.8 Å². The van der Waals surface area contributed by atoms with Crippen molar-refractivity contribution in [3.8, 4) is 11.5 Å². The summed E-state index contributed by atoms with van der Waals surface area (Å²) in [5, 5.41) is 12.8. The smallest absolute Gasteiger partial charge is 0.294 e. The van der Waals surface area contributed by atoms with Crippen molar-refractivity contribution in [2.75, 3.05) is 19.0 Å². The van der Waals surface area contributed by atoms with Gasteiger partial charge in [0.25, 0.3) is 16.8 Å². The summed E-state index contributed by atoms with van der Waals surface area (Å²) in [6.07, 6.45) is 1.49. The van der Waals surface area contributed by atoms with Crippen molar-refractivity contribution >= 4 is 46.3 Å². The maximum absolute atomic E-state index is 13.3. The van der Waals surface area contributed by atoms with Gasteiger partial charge in [-0.2, -0.15) is 0 Å². The third-order valence-electron chi connectivity index (χ3n) is 5.28. The fraction of sp³-hybridized carbons (Fsp3) is 0.115. The van der Waals surface area contributed by atoms with Crippen molar-refractivity contribution in [3.63, 3.8) is 0 Å². The lowest BCUT2D eigenvalue weighted by Gasteiger charge is -2.12. The van der Waals surface area contributed by atoms with Crippen LogP contribution in [0, 0.1) is 15.9 Å². The molecule has 1 aliphatic rings. The van der Waals surface area contributed by atoms with Gasteiger partial charge in [0.05, 0.1) is 16.9 Å². The van der Waals surface area contributed by atoms with Crippen molar-refractivity contribution in [2.24, 2.45) is 0 Å². The quantitative estimate of drug-likeness (QED) is 0.230. The Bertz CT molecular complexity index is 1460. The number of nitro benzene ring substituents is 1. The first kappa shape index (κ1) is 26.4. The molecule has 0 unspecified atom stereocenters. The number of carbonyl (C=O) groups is 3. The first-order chi connectivity index (χ1) is 18.2. The fourth-order valence-corrected chi connectivity index (χ4v) is 4.35. The van der Waals surface area contributed by atoms with Crippen LogP contribution in [0.1, 0.15) is 11.1 Å². The zero-order valence-corrected chi connectivity index (χ0v) is 20.7. The monoisotopic (exact) mass is 537 g/mol. The highest BCUT2D eigenvalue weighted by molar-refractivity contribution is 8.18. The molecular formula is C26H20FN3O7S. The Hall–Kier alpha value is -4.71. The van der Waals surface area contributed by atoms with E-state index in [-0.39, 0.29) is 22.9 Å². The molecule has 1 heterocycles. The summed E-state index contributed by atoms with van der Waals surface area (Å²) in [6, 6.07) is 16.2. The number of imide groups is 1. The molecule has 10 nitrogen and oxygen atoms in total. The highest BCUT2D eigenvalue weighted by Gasteiger charge is 2.36. The number of benzene rings is 3. The van der Waals surface area contributed by atoms with Gasteiger partial charge in [0.2, 0.25) is 5.91 Å². The van der Waals surface area contributed by atoms with E-state index in [2.05, 4.69) is 5.32 Å². The van der Waals surface area contributed by atoms with E-state index in [9.17, 15) is 28.9 Å². The third kappa shape index (κ3) is 6.34. The second-order valence-electron chi connectivity index (χ2n) is 7.95. The minimum Gasteiger partial charge on any atom is -0.493 e. The third-order valence-corrected chi connectivity index (χ3v) is 6.19. The Morgan fingerprint density at radius 3 is 2.63 bits per heavy atom. The molecule has 194 valence electrons. The molecule has 0 saturated carbocycles. The second kappa shape index (κ2) is 11.6. The second-order valence-corrected chi connectivity index (χ2v) is 8.95. The van der Waals surface area contributed by atoms with Crippen LogP contribution < -0.4 is 14.8 Å². The van der Waals surface area contributed by atoms with Gasteiger partial charge < -0.3 is 14.8 Å². The van der Waals surface area contributed by atoms with Crippen LogP contribution in [0.4, 0.5) is 20.6 Å². The molecule has 1 fully saturated rings. The molecule has 12 heteroatoms. The van der Waals surface area contributed by atoms with Crippen LogP contribution in [0.5, 0.6) is 11.5 Å². The number of carbonyl (C=O) groups excluding carboxylic acids is 3. The molecule has 1 saturated heterocycles. The van der Waals surface area contributed by atoms with Crippen LogP contribution in [0.25, 0.3) is 6.08 Å². The van der Waals surface area contributed by atoms with Gasteiger partial charge in [0.15, 0.2) is 11.5 Å². The minimum absolute atomic E-state index is 0.0474. The lowest BCUT2D eigenvalue weighted by molar-refractivity contribution is -0.384. The zero-order valence-electron chi connectivity index (χ0n) is 19.9. The highest BCUT2D eigenvalue weighted by Crippen LogP contribution is 2.35. The molecular weight excluding hydrogens is 517 g/mol. The predicted molar refractivity (Wildman–Crippen MR) is 138 cm³/mol. The maximum atomic E-state index is 13.3. The topological polar surface area (TPSA) is 128 Å². The molecule has 0 spiro atoms. The number of non-ortho nitro benzene ring substituents is 1. The number of nitrogens with zero attached hydrogens (tertiary/aromatic N) is 2. The molecule has 3 aromatic carbocycles. The number of hydrogen-bond acceptors (Lipinski definition) is 8. The molecule has 38 heavy (non-hydrogen) atoms. The number of amides is 3. The minimum atomic E-state index is -0.647. The molecule has 4 rings (SSSR count). The van der Waals surface area contributed by atoms with Crippen LogP contribution in [0.15, 0.2) is 71.6 Å². The Kier molecular flexibility index (Phi) is 8.02.